The average Bonchev–Trinajstić information content (AvgIpc) is 2.22. The average molecular weight is 294 g/mol. The van der Waals surface area contributed by atoms with Crippen molar-refractivity contribution in [3.05, 3.63) is 18.2 Å². The molecule has 0 aromatic heterocycles. The molecule has 0 spiro atoms. The summed E-state index contributed by atoms with van der Waals surface area (Å²) in [5, 5.41) is 9.48. The summed E-state index contributed by atoms with van der Waals surface area (Å²) in [6.45, 7) is 4.19. The van der Waals surface area contributed by atoms with Gasteiger partial charge in [0, 0.05) is 6.07 Å². The third-order valence-electron chi connectivity index (χ3n) is 3.31. The number of phenols is 1. The van der Waals surface area contributed by atoms with E-state index in [-0.39, 0.29) is 30.6 Å². The van der Waals surface area contributed by atoms with Crippen molar-refractivity contribution in [2.24, 2.45) is 0 Å². The summed E-state index contributed by atoms with van der Waals surface area (Å²) in [7, 11) is 4.48. The van der Waals surface area contributed by atoms with E-state index in [9.17, 15) is 5.11 Å². The molecule has 1 fully saturated rings. The first kappa shape index (κ1) is 17.2. The number of quaternary nitrogens is 1. The van der Waals surface area contributed by atoms with Gasteiger partial charge in [0.25, 0.3) is 0 Å². The number of halogens is 2. The number of hydrogen-bond acceptors (Lipinski definition) is 3. The Morgan fingerprint density at radius 3 is 2.33 bits per heavy atom. The lowest BCUT2D eigenvalue weighted by atomic mass is 10.2. The number of benzene rings is 1. The molecule has 104 valence electrons. The zero-order chi connectivity index (χ0) is 11.8. The van der Waals surface area contributed by atoms with E-state index in [1.54, 1.807) is 18.2 Å². The second-order valence-electron chi connectivity index (χ2n) is 5.11. The van der Waals surface area contributed by atoms with Gasteiger partial charge in [0.15, 0.2) is 0 Å². The van der Waals surface area contributed by atoms with Gasteiger partial charge < -0.3 is 32.6 Å². The summed E-state index contributed by atoms with van der Waals surface area (Å²) in [4.78, 5) is 2.25. The van der Waals surface area contributed by atoms with Crippen molar-refractivity contribution >= 4 is 23.8 Å². The predicted octanol–water partition coefficient (Wildman–Crippen LogP) is -1.70. The molecule has 0 unspecified atom stereocenters. The molecule has 0 amide bonds. The molecule has 3 N–H and O–H groups in total. The number of phenolic OH excluding ortho intramolecular Hbond substituents is 1. The first-order valence-corrected chi connectivity index (χ1v) is 5.63. The standard InChI is InChI=1S/C12H19N3O.2ClH/c1-15(2)7-5-14(6-8-15)12-9-10(16)3-4-11(12)13;;/h3-4,9H,5-8,13H2,1-2H3;2*1H. The minimum Gasteiger partial charge on any atom is -1.00 e. The van der Waals surface area contributed by atoms with Gasteiger partial charge in [0.1, 0.15) is 5.75 Å². The molecule has 18 heavy (non-hydrogen) atoms. The molecule has 1 aromatic carbocycles. The van der Waals surface area contributed by atoms with Crippen LogP contribution >= 0.6 is 12.4 Å². The summed E-state index contributed by atoms with van der Waals surface area (Å²) in [6, 6.07) is 5.14. The number of nitrogen functional groups attached to an aromatic ring is 1. The predicted molar refractivity (Wildman–Crippen MR) is 73.8 cm³/mol. The molecule has 0 radical (unpaired) electrons. The molecule has 0 bridgehead atoms. The van der Waals surface area contributed by atoms with Crippen molar-refractivity contribution in [3.63, 3.8) is 0 Å². The van der Waals surface area contributed by atoms with E-state index >= 15 is 0 Å². The number of hydrogen-bond donors (Lipinski definition) is 2. The molecule has 0 atom stereocenters. The van der Waals surface area contributed by atoms with E-state index in [0.717, 1.165) is 42.0 Å². The summed E-state index contributed by atoms with van der Waals surface area (Å²) in [5.74, 6) is 0.281. The summed E-state index contributed by atoms with van der Waals surface area (Å²) in [6.07, 6.45) is 0. The van der Waals surface area contributed by atoms with Crippen LogP contribution in [0.1, 0.15) is 0 Å². The number of piperazine rings is 1. The highest BCUT2D eigenvalue weighted by molar-refractivity contribution is 5.85. The van der Waals surface area contributed by atoms with Crippen LogP contribution in [-0.4, -0.2) is 49.9 Å². The minimum absolute atomic E-state index is 0. The Bertz CT molecular complexity index is 389. The molecule has 1 aliphatic rings. The maximum atomic E-state index is 9.48. The van der Waals surface area contributed by atoms with Crippen LogP contribution < -0.4 is 23.0 Å². The molecular formula is C12H21Cl2N3O. The van der Waals surface area contributed by atoms with E-state index < -0.39 is 0 Å². The Hall–Kier alpha value is -0.840. The lowest BCUT2D eigenvalue weighted by Gasteiger charge is -2.40. The third-order valence-corrected chi connectivity index (χ3v) is 3.31. The topological polar surface area (TPSA) is 49.5 Å². The van der Waals surface area contributed by atoms with Crippen LogP contribution in [-0.2, 0) is 0 Å². The fourth-order valence-corrected chi connectivity index (χ4v) is 2.05. The first-order chi connectivity index (χ1) is 7.48. The molecule has 1 aromatic rings. The lowest BCUT2D eigenvalue weighted by molar-refractivity contribution is -0.890. The Morgan fingerprint density at radius 2 is 1.78 bits per heavy atom. The van der Waals surface area contributed by atoms with E-state index in [2.05, 4.69) is 19.0 Å². The second kappa shape index (κ2) is 6.36. The molecular weight excluding hydrogens is 273 g/mol. The SMILES string of the molecule is C[N+]1(C)CCN(c2cc(O)ccc2N)CC1.Cl.[Cl-]. The maximum absolute atomic E-state index is 9.48. The normalized spacial score (nSPS) is 17.6. The zero-order valence-corrected chi connectivity index (χ0v) is 12.3. The van der Waals surface area contributed by atoms with Gasteiger partial charge >= 0.3 is 0 Å². The van der Waals surface area contributed by atoms with Crippen LogP contribution in [0.15, 0.2) is 18.2 Å². The quantitative estimate of drug-likeness (QED) is 0.369. The zero-order valence-electron chi connectivity index (χ0n) is 10.8. The van der Waals surface area contributed by atoms with E-state index in [1.807, 2.05) is 0 Å². The van der Waals surface area contributed by atoms with Crippen LogP contribution in [0.5, 0.6) is 5.75 Å². The van der Waals surface area contributed by atoms with Crippen molar-refractivity contribution in [2.75, 3.05) is 50.9 Å². The molecule has 4 nitrogen and oxygen atoms in total. The molecule has 6 heteroatoms. The van der Waals surface area contributed by atoms with Crippen molar-refractivity contribution in [1.29, 1.82) is 0 Å². The highest BCUT2D eigenvalue weighted by atomic mass is 35.5. The third kappa shape index (κ3) is 3.83. The van der Waals surface area contributed by atoms with Crippen molar-refractivity contribution < 1.29 is 22.0 Å². The van der Waals surface area contributed by atoms with Gasteiger partial charge in [0.2, 0.25) is 0 Å². The monoisotopic (exact) mass is 293 g/mol. The van der Waals surface area contributed by atoms with E-state index in [0.29, 0.717) is 0 Å². The Balaban J connectivity index is 0.00000144. The van der Waals surface area contributed by atoms with Gasteiger partial charge in [0.05, 0.1) is 51.6 Å². The fraction of sp³-hybridized carbons (Fsp3) is 0.500. The number of anilines is 2. The van der Waals surface area contributed by atoms with Crippen LogP contribution in [0.3, 0.4) is 0 Å². The van der Waals surface area contributed by atoms with Gasteiger partial charge in [-0.15, -0.1) is 12.4 Å². The highest BCUT2D eigenvalue weighted by Crippen LogP contribution is 2.28. The number of likely N-dealkylation sites (N-methyl/N-ethyl adjacent to an activating group) is 1. The van der Waals surface area contributed by atoms with Gasteiger partial charge in [-0.25, -0.2) is 0 Å². The molecule has 0 saturated carbocycles. The molecule has 1 saturated heterocycles. The number of nitrogens with zero attached hydrogens (tertiary/aromatic N) is 2. The van der Waals surface area contributed by atoms with Gasteiger partial charge in [-0.1, -0.05) is 0 Å². The van der Waals surface area contributed by atoms with E-state index in [1.165, 1.54) is 0 Å². The Kier molecular flexibility index (Phi) is 6.07. The number of aromatic hydroxyl groups is 1. The largest absolute Gasteiger partial charge is 1.00 e. The van der Waals surface area contributed by atoms with Gasteiger partial charge in [-0.3, -0.25) is 0 Å². The molecule has 1 heterocycles. The smallest absolute Gasteiger partial charge is 0.117 e. The first-order valence-electron chi connectivity index (χ1n) is 5.63. The number of nitrogens with two attached hydrogens (primary N) is 1. The Morgan fingerprint density at radius 1 is 1.22 bits per heavy atom. The van der Waals surface area contributed by atoms with Crippen molar-refractivity contribution in [3.8, 4) is 5.75 Å². The number of rotatable bonds is 1. The van der Waals surface area contributed by atoms with Crippen LogP contribution in [0.2, 0.25) is 0 Å². The van der Waals surface area contributed by atoms with Gasteiger partial charge in [-0.2, -0.15) is 0 Å². The second-order valence-corrected chi connectivity index (χ2v) is 5.11. The lowest BCUT2D eigenvalue weighted by Crippen LogP contribution is -3.00. The maximum Gasteiger partial charge on any atom is 0.117 e. The van der Waals surface area contributed by atoms with Crippen molar-refractivity contribution in [2.45, 2.75) is 0 Å². The minimum atomic E-state index is 0. The highest BCUT2D eigenvalue weighted by Gasteiger charge is 2.25. The summed E-state index contributed by atoms with van der Waals surface area (Å²) in [5.41, 5.74) is 7.63. The Labute approximate surface area is 121 Å². The van der Waals surface area contributed by atoms with E-state index in [4.69, 9.17) is 5.73 Å². The molecule has 2 rings (SSSR count). The van der Waals surface area contributed by atoms with Crippen molar-refractivity contribution in [1.82, 2.24) is 0 Å². The van der Waals surface area contributed by atoms with Crippen LogP contribution in [0.25, 0.3) is 0 Å². The fourth-order valence-electron chi connectivity index (χ4n) is 2.05. The summed E-state index contributed by atoms with van der Waals surface area (Å²) >= 11 is 0. The summed E-state index contributed by atoms with van der Waals surface area (Å²) < 4.78 is 1.05. The van der Waals surface area contributed by atoms with Crippen LogP contribution in [0.4, 0.5) is 11.4 Å². The van der Waals surface area contributed by atoms with Crippen LogP contribution in [0, 0.1) is 0 Å². The molecule has 0 aliphatic carbocycles. The molecule has 1 aliphatic heterocycles. The van der Waals surface area contributed by atoms with Gasteiger partial charge in [-0.05, 0) is 12.1 Å².